The molecule has 3 aromatic rings. The van der Waals surface area contributed by atoms with Gasteiger partial charge in [-0.1, -0.05) is 30.3 Å². The zero-order valence-electron chi connectivity index (χ0n) is 13.7. The molecule has 3 aromatic carbocycles. The predicted octanol–water partition coefficient (Wildman–Crippen LogP) is 3.81. The maximum absolute atomic E-state index is 11.7. The number of nitrogen functional groups attached to an aromatic ring is 1. The number of anilines is 1. The molecule has 0 saturated heterocycles. The van der Waals surface area contributed by atoms with Crippen molar-refractivity contribution in [2.45, 2.75) is 6.42 Å². The predicted molar refractivity (Wildman–Crippen MR) is 95.5 cm³/mol. The van der Waals surface area contributed by atoms with Gasteiger partial charge in [0.05, 0.1) is 19.8 Å². The van der Waals surface area contributed by atoms with E-state index in [1.165, 1.54) is 7.11 Å². The molecule has 0 aliphatic carbocycles. The summed E-state index contributed by atoms with van der Waals surface area (Å²) in [6.07, 6.45) is 0.686. The van der Waals surface area contributed by atoms with Gasteiger partial charge in [0.2, 0.25) is 0 Å². The first-order valence-corrected chi connectivity index (χ1v) is 7.64. The zero-order chi connectivity index (χ0) is 17.1. The molecule has 0 saturated carbocycles. The lowest BCUT2D eigenvalue weighted by Gasteiger charge is -2.12. The summed E-state index contributed by atoms with van der Waals surface area (Å²) in [4.78, 5) is 11.7. The van der Waals surface area contributed by atoms with Crippen LogP contribution in [0.5, 0.6) is 5.75 Å². The third-order valence-electron chi connectivity index (χ3n) is 4.09. The number of rotatable bonds is 4. The van der Waals surface area contributed by atoms with Crippen LogP contribution < -0.4 is 10.5 Å². The van der Waals surface area contributed by atoms with Gasteiger partial charge in [0.15, 0.2) is 0 Å². The van der Waals surface area contributed by atoms with Gasteiger partial charge in [0, 0.05) is 12.1 Å². The average Bonchev–Trinajstić information content (AvgIpc) is 2.61. The molecule has 0 amide bonds. The fourth-order valence-electron chi connectivity index (χ4n) is 2.85. The Labute approximate surface area is 140 Å². The lowest BCUT2D eigenvalue weighted by Crippen LogP contribution is -2.03. The number of methoxy groups -OCH3 is 2. The number of nitrogens with two attached hydrogens (primary N) is 1. The Kier molecular flexibility index (Phi) is 4.38. The first-order valence-electron chi connectivity index (χ1n) is 7.64. The van der Waals surface area contributed by atoms with Gasteiger partial charge in [0.1, 0.15) is 5.75 Å². The Bertz CT molecular complexity index is 903. The van der Waals surface area contributed by atoms with Crippen LogP contribution in [-0.2, 0) is 11.2 Å². The van der Waals surface area contributed by atoms with Crippen molar-refractivity contribution in [1.82, 2.24) is 0 Å². The zero-order valence-corrected chi connectivity index (χ0v) is 13.7. The number of hydrogen-bond acceptors (Lipinski definition) is 4. The number of carbonyl (C=O) groups excluding carboxylic acids is 1. The molecule has 0 unspecified atom stereocenters. The molecule has 0 heterocycles. The van der Waals surface area contributed by atoms with E-state index in [2.05, 4.69) is 12.1 Å². The first-order chi connectivity index (χ1) is 11.6. The van der Waals surface area contributed by atoms with E-state index in [4.69, 9.17) is 15.2 Å². The maximum Gasteiger partial charge on any atom is 0.337 e. The van der Waals surface area contributed by atoms with Crippen LogP contribution in [0.3, 0.4) is 0 Å². The second-order valence-electron chi connectivity index (χ2n) is 5.59. The molecule has 4 nitrogen and oxygen atoms in total. The van der Waals surface area contributed by atoms with Crippen molar-refractivity contribution in [3.8, 4) is 5.75 Å². The second kappa shape index (κ2) is 6.62. The van der Waals surface area contributed by atoms with Crippen LogP contribution in [0.25, 0.3) is 10.8 Å². The van der Waals surface area contributed by atoms with E-state index in [0.717, 1.165) is 27.6 Å². The van der Waals surface area contributed by atoms with E-state index in [-0.39, 0.29) is 5.97 Å². The van der Waals surface area contributed by atoms with Gasteiger partial charge in [-0.05, 0) is 46.2 Å². The summed E-state index contributed by atoms with van der Waals surface area (Å²) in [6, 6.07) is 17.4. The summed E-state index contributed by atoms with van der Waals surface area (Å²) in [6.45, 7) is 0. The summed E-state index contributed by atoms with van der Waals surface area (Å²) in [7, 11) is 2.96. The van der Waals surface area contributed by atoms with E-state index in [9.17, 15) is 4.79 Å². The summed E-state index contributed by atoms with van der Waals surface area (Å²) >= 11 is 0. The van der Waals surface area contributed by atoms with Gasteiger partial charge in [-0.3, -0.25) is 0 Å². The molecule has 0 radical (unpaired) electrons. The molecule has 0 fully saturated rings. The van der Waals surface area contributed by atoms with Crippen molar-refractivity contribution in [3.63, 3.8) is 0 Å². The molecule has 0 atom stereocenters. The fourth-order valence-corrected chi connectivity index (χ4v) is 2.85. The fraction of sp³-hybridized carbons (Fsp3) is 0.150. The number of carbonyl (C=O) groups is 1. The monoisotopic (exact) mass is 321 g/mol. The molecular formula is C20H19NO3. The van der Waals surface area contributed by atoms with Crippen LogP contribution in [0.4, 0.5) is 5.69 Å². The second-order valence-corrected chi connectivity index (χ2v) is 5.59. The normalized spacial score (nSPS) is 10.6. The number of ether oxygens (including phenoxy) is 2. The van der Waals surface area contributed by atoms with E-state index in [1.54, 1.807) is 19.2 Å². The van der Waals surface area contributed by atoms with E-state index in [0.29, 0.717) is 17.7 Å². The number of fused-ring (bicyclic) bond motifs is 1. The van der Waals surface area contributed by atoms with Crippen molar-refractivity contribution in [2.24, 2.45) is 0 Å². The van der Waals surface area contributed by atoms with Crippen LogP contribution in [0.15, 0.2) is 54.6 Å². The lowest BCUT2D eigenvalue weighted by molar-refractivity contribution is 0.0600. The Hall–Kier alpha value is -3.01. The summed E-state index contributed by atoms with van der Waals surface area (Å²) in [5.41, 5.74) is 9.30. The van der Waals surface area contributed by atoms with E-state index < -0.39 is 0 Å². The lowest BCUT2D eigenvalue weighted by atomic mass is 9.97. The largest absolute Gasteiger partial charge is 0.496 e. The molecule has 0 aromatic heterocycles. The molecule has 4 heteroatoms. The van der Waals surface area contributed by atoms with Gasteiger partial charge in [-0.15, -0.1) is 0 Å². The Balaban J connectivity index is 2.02. The quantitative estimate of drug-likeness (QED) is 0.586. The maximum atomic E-state index is 11.7. The molecule has 122 valence electrons. The molecular weight excluding hydrogens is 302 g/mol. The molecule has 3 rings (SSSR count). The average molecular weight is 321 g/mol. The van der Waals surface area contributed by atoms with Gasteiger partial charge in [-0.25, -0.2) is 4.79 Å². The number of hydrogen-bond donors (Lipinski definition) is 1. The first kappa shape index (κ1) is 15.9. The molecule has 2 N–H and O–H groups in total. The Morgan fingerprint density at radius 2 is 1.83 bits per heavy atom. The molecule has 0 aliphatic rings. The van der Waals surface area contributed by atoms with Gasteiger partial charge in [0.25, 0.3) is 0 Å². The van der Waals surface area contributed by atoms with E-state index in [1.807, 2.05) is 30.3 Å². The van der Waals surface area contributed by atoms with Crippen LogP contribution >= 0.6 is 0 Å². The molecule has 0 bridgehead atoms. The van der Waals surface area contributed by atoms with Crippen LogP contribution in [0.2, 0.25) is 0 Å². The third-order valence-corrected chi connectivity index (χ3v) is 4.09. The summed E-state index contributed by atoms with van der Waals surface area (Å²) in [5, 5.41) is 2.27. The van der Waals surface area contributed by atoms with Crippen molar-refractivity contribution in [2.75, 3.05) is 20.0 Å². The van der Waals surface area contributed by atoms with Crippen LogP contribution in [-0.4, -0.2) is 20.2 Å². The topological polar surface area (TPSA) is 61.5 Å². The van der Waals surface area contributed by atoms with E-state index >= 15 is 0 Å². The van der Waals surface area contributed by atoms with Crippen molar-refractivity contribution < 1.29 is 14.3 Å². The van der Waals surface area contributed by atoms with Crippen molar-refractivity contribution in [3.05, 3.63) is 71.3 Å². The van der Waals surface area contributed by atoms with Gasteiger partial charge >= 0.3 is 5.97 Å². The minimum absolute atomic E-state index is 0.377. The Morgan fingerprint density at radius 1 is 1.00 bits per heavy atom. The number of esters is 1. The van der Waals surface area contributed by atoms with Crippen LogP contribution in [0.1, 0.15) is 21.5 Å². The highest BCUT2D eigenvalue weighted by molar-refractivity contribution is 5.90. The highest BCUT2D eigenvalue weighted by atomic mass is 16.5. The third kappa shape index (κ3) is 3.04. The highest BCUT2D eigenvalue weighted by Crippen LogP contribution is 2.28. The summed E-state index contributed by atoms with van der Waals surface area (Å²) in [5.74, 6) is 0.289. The smallest absolute Gasteiger partial charge is 0.337 e. The molecule has 0 spiro atoms. The summed E-state index contributed by atoms with van der Waals surface area (Å²) < 4.78 is 10.2. The van der Waals surface area contributed by atoms with Crippen molar-refractivity contribution >= 4 is 22.4 Å². The SMILES string of the molecule is COC(=O)c1ccc(Cc2cccc3ccc(N)cc23)c(OC)c1. The minimum atomic E-state index is -0.377. The van der Waals surface area contributed by atoms with Crippen molar-refractivity contribution in [1.29, 1.82) is 0 Å². The van der Waals surface area contributed by atoms with Gasteiger partial charge in [-0.2, -0.15) is 0 Å². The molecule has 24 heavy (non-hydrogen) atoms. The van der Waals surface area contributed by atoms with Crippen LogP contribution in [0, 0.1) is 0 Å². The number of benzene rings is 3. The van der Waals surface area contributed by atoms with Gasteiger partial charge < -0.3 is 15.2 Å². The molecule has 0 aliphatic heterocycles. The Morgan fingerprint density at radius 3 is 2.58 bits per heavy atom. The minimum Gasteiger partial charge on any atom is -0.496 e. The highest BCUT2D eigenvalue weighted by Gasteiger charge is 2.12. The standard InChI is InChI=1S/C20H19NO3/c1-23-19-11-16(20(22)24-2)7-6-15(19)10-14-5-3-4-13-8-9-17(21)12-18(13)14/h3-9,11-12H,10,21H2,1-2H3.